The SMILES string of the molecule is COc1ccc(C(C)=O)cc1CC(=O)NCCNc1ccc([N+](=O)[O-])cc1. The molecule has 0 aliphatic rings. The zero-order valence-corrected chi connectivity index (χ0v) is 15.2. The van der Waals surface area contributed by atoms with Gasteiger partial charge in [0.15, 0.2) is 5.78 Å². The van der Waals surface area contributed by atoms with Gasteiger partial charge in [0.25, 0.3) is 5.69 Å². The molecule has 142 valence electrons. The van der Waals surface area contributed by atoms with Crippen LogP contribution in [0.5, 0.6) is 5.75 Å². The maximum Gasteiger partial charge on any atom is 0.269 e. The van der Waals surface area contributed by atoms with Crippen molar-refractivity contribution in [2.75, 3.05) is 25.5 Å². The van der Waals surface area contributed by atoms with Crippen LogP contribution in [0.4, 0.5) is 11.4 Å². The van der Waals surface area contributed by atoms with Crippen LogP contribution in [0.3, 0.4) is 0 Å². The van der Waals surface area contributed by atoms with Crippen molar-refractivity contribution in [1.82, 2.24) is 5.32 Å². The first-order chi connectivity index (χ1) is 12.9. The summed E-state index contributed by atoms with van der Waals surface area (Å²) in [6, 6.07) is 11.0. The summed E-state index contributed by atoms with van der Waals surface area (Å²) < 4.78 is 5.24. The number of methoxy groups -OCH3 is 1. The van der Waals surface area contributed by atoms with E-state index >= 15 is 0 Å². The quantitative estimate of drug-likeness (QED) is 0.303. The maximum atomic E-state index is 12.1. The molecule has 0 atom stereocenters. The number of hydrogen-bond donors (Lipinski definition) is 2. The average molecular weight is 371 g/mol. The van der Waals surface area contributed by atoms with Crippen LogP contribution in [-0.4, -0.2) is 36.8 Å². The van der Waals surface area contributed by atoms with Crippen LogP contribution < -0.4 is 15.4 Å². The number of nitro benzene ring substituents is 1. The lowest BCUT2D eigenvalue weighted by molar-refractivity contribution is -0.384. The van der Waals surface area contributed by atoms with E-state index in [1.54, 1.807) is 30.3 Å². The number of amides is 1. The first-order valence-electron chi connectivity index (χ1n) is 8.33. The number of carbonyl (C=O) groups excluding carboxylic acids is 2. The fourth-order valence-corrected chi connectivity index (χ4v) is 2.48. The Kier molecular flexibility index (Phi) is 6.87. The monoisotopic (exact) mass is 371 g/mol. The van der Waals surface area contributed by atoms with E-state index in [0.29, 0.717) is 30.0 Å². The minimum Gasteiger partial charge on any atom is -0.496 e. The highest BCUT2D eigenvalue weighted by atomic mass is 16.6. The summed E-state index contributed by atoms with van der Waals surface area (Å²) in [4.78, 5) is 33.8. The molecule has 0 aliphatic carbocycles. The van der Waals surface area contributed by atoms with Gasteiger partial charge in [0.1, 0.15) is 5.75 Å². The first-order valence-corrected chi connectivity index (χ1v) is 8.33. The van der Waals surface area contributed by atoms with Gasteiger partial charge in [-0.25, -0.2) is 0 Å². The van der Waals surface area contributed by atoms with Gasteiger partial charge in [0.2, 0.25) is 5.91 Å². The third-order valence-corrected chi connectivity index (χ3v) is 3.89. The van der Waals surface area contributed by atoms with Gasteiger partial charge in [-0.2, -0.15) is 0 Å². The Balaban J connectivity index is 1.83. The summed E-state index contributed by atoms with van der Waals surface area (Å²) in [5.74, 6) is 0.283. The van der Waals surface area contributed by atoms with Gasteiger partial charge in [-0.15, -0.1) is 0 Å². The Morgan fingerprint density at radius 2 is 1.81 bits per heavy atom. The summed E-state index contributed by atoms with van der Waals surface area (Å²) in [5.41, 5.74) is 1.92. The molecule has 2 rings (SSSR count). The number of ether oxygens (including phenoxy) is 1. The molecule has 2 aromatic rings. The van der Waals surface area contributed by atoms with Gasteiger partial charge in [0.05, 0.1) is 18.5 Å². The van der Waals surface area contributed by atoms with Crippen LogP contribution in [0.15, 0.2) is 42.5 Å². The Bertz CT molecular complexity index is 834. The highest BCUT2D eigenvalue weighted by Gasteiger charge is 2.11. The molecule has 0 aromatic heterocycles. The second-order valence-corrected chi connectivity index (χ2v) is 5.84. The van der Waals surface area contributed by atoms with Gasteiger partial charge in [-0.05, 0) is 37.3 Å². The average Bonchev–Trinajstić information content (AvgIpc) is 2.65. The lowest BCUT2D eigenvalue weighted by Gasteiger charge is -2.11. The van der Waals surface area contributed by atoms with Gasteiger partial charge in [0, 0.05) is 42.0 Å². The van der Waals surface area contributed by atoms with Crippen LogP contribution in [0, 0.1) is 10.1 Å². The molecule has 0 saturated carbocycles. The number of nitrogens with zero attached hydrogens (tertiary/aromatic N) is 1. The highest BCUT2D eigenvalue weighted by Crippen LogP contribution is 2.21. The predicted octanol–water partition coefficient (Wildman–Crippen LogP) is 2.58. The molecule has 0 fully saturated rings. The number of anilines is 1. The predicted molar refractivity (Wildman–Crippen MR) is 101 cm³/mol. The molecule has 2 N–H and O–H groups in total. The van der Waals surface area contributed by atoms with Crippen molar-refractivity contribution in [3.63, 3.8) is 0 Å². The number of nitrogens with one attached hydrogen (secondary N) is 2. The van der Waals surface area contributed by atoms with Gasteiger partial charge >= 0.3 is 0 Å². The van der Waals surface area contributed by atoms with E-state index in [1.807, 2.05) is 0 Å². The topological polar surface area (TPSA) is 111 Å². The first kappa shape index (κ1) is 19.9. The third-order valence-electron chi connectivity index (χ3n) is 3.89. The molecule has 27 heavy (non-hydrogen) atoms. The molecule has 0 unspecified atom stereocenters. The smallest absolute Gasteiger partial charge is 0.269 e. The number of ketones is 1. The minimum absolute atomic E-state index is 0.0237. The van der Waals surface area contributed by atoms with Gasteiger partial charge in [-0.1, -0.05) is 0 Å². The number of nitro groups is 1. The van der Waals surface area contributed by atoms with Crippen molar-refractivity contribution in [3.05, 3.63) is 63.7 Å². The Hall–Kier alpha value is -3.42. The number of non-ortho nitro benzene ring substituents is 1. The van der Waals surface area contributed by atoms with E-state index < -0.39 is 4.92 Å². The van der Waals surface area contributed by atoms with E-state index in [4.69, 9.17) is 4.74 Å². The van der Waals surface area contributed by atoms with Crippen LogP contribution >= 0.6 is 0 Å². The standard InChI is InChI=1S/C19H21N3O5/c1-13(23)14-3-8-18(27-2)15(11-14)12-19(24)21-10-9-20-16-4-6-17(7-5-16)22(25)26/h3-8,11,20H,9-10,12H2,1-2H3,(H,21,24). The molecular formula is C19H21N3O5. The second kappa shape index (κ2) is 9.33. The third kappa shape index (κ3) is 5.81. The normalized spacial score (nSPS) is 10.1. The minimum atomic E-state index is -0.459. The zero-order valence-electron chi connectivity index (χ0n) is 15.2. The summed E-state index contributed by atoms with van der Waals surface area (Å²) in [7, 11) is 1.51. The molecule has 0 bridgehead atoms. The molecule has 0 aliphatic heterocycles. The number of Topliss-reactive ketones (excluding diaryl/α,β-unsaturated/α-hetero) is 1. The van der Waals surface area contributed by atoms with Crippen molar-refractivity contribution < 1.29 is 19.2 Å². The van der Waals surface area contributed by atoms with Crippen molar-refractivity contribution in [1.29, 1.82) is 0 Å². The van der Waals surface area contributed by atoms with Crippen LogP contribution in [0.1, 0.15) is 22.8 Å². The lowest BCUT2D eigenvalue weighted by Crippen LogP contribution is -2.30. The van der Waals surface area contributed by atoms with E-state index in [-0.39, 0.29) is 23.8 Å². The van der Waals surface area contributed by atoms with Gasteiger partial charge < -0.3 is 15.4 Å². The molecule has 8 nitrogen and oxygen atoms in total. The van der Waals surface area contributed by atoms with E-state index in [9.17, 15) is 19.7 Å². The molecule has 0 radical (unpaired) electrons. The van der Waals surface area contributed by atoms with Crippen molar-refractivity contribution >= 4 is 23.1 Å². The van der Waals surface area contributed by atoms with Crippen molar-refractivity contribution in [3.8, 4) is 5.75 Å². The zero-order chi connectivity index (χ0) is 19.8. The number of rotatable bonds is 9. The fraction of sp³-hybridized carbons (Fsp3) is 0.263. The largest absolute Gasteiger partial charge is 0.496 e. The summed E-state index contributed by atoms with van der Waals surface area (Å²) in [6.45, 7) is 2.31. The highest BCUT2D eigenvalue weighted by molar-refractivity contribution is 5.94. The molecule has 0 spiro atoms. The lowest BCUT2D eigenvalue weighted by atomic mass is 10.0. The molecule has 2 aromatic carbocycles. The summed E-state index contributed by atoms with van der Waals surface area (Å²) >= 11 is 0. The Morgan fingerprint density at radius 3 is 2.41 bits per heavy atom. The molecule has 0 saturated heterocycles. The second-order valence-electron chi connectivity index (χ2n) is 5.84. The van der Waals surface area contributed by atoms with E-state index in [2.05, 4.69) is 10.6 Å². The summed E-state index contributed by atoms with van der Waals surface area (Å²) in [6.07, 6.45) is 0.0990. The van der Waals surface area contributed by atoms with Crippen molar-refractivity contribution in [2.24, 2.45) is 0 Å². The Labute approximate surface area is 156 Å². The van der Waals surface area contributed by atoms with E-state index in [0.717, 1.165) is 5.69 Å². The number of hydrogen-bond acceptors (Lipinski definition) is 6. The fourth-order valence-electron chi connectivity index (χ4n) is 2.48. The van der Waals surface area contributed by atoms with Crippen molar-refractivity contribution in [2.45, 2.75) is 13.3 Å². The molecular weight excluding hydrogens is 350 g/mol. The van der Waals surface area contributed by atoms with Crippen LogP contribution in [0.25, 0.3) is 0 Å². The van der Waals surface area contributed by atoms with Crippen LogP contribution in [0.2, 0.25) is 0 Å². The molecule has 8 heteroatoms. The molecule has 1 amide bonds. The van der Waals surface area contributed by atoms with Crippen LogP contribution in [-0.2, 0) is 11.2 Å². The van der Waals surface area contributed by atoms with E-state index in [1.165, 1.54) is 26.2 Å². The number of carbonyl (C=O) groups is 2. The summed E-state index contributed by atoms with van der Waals surface area (Å²) in [5, 5.41) is 16.5. The van der Waals surface area contributed by atoms with Gasteiger partial charge in [-0.3, -0.25) is 19.7 Å². The Morgan fingerprint density at radius 1 is 1.11 bits per heavy atom. The number of benzene rings is 2. The molecule has 0 heterocycles. The maximum absolute atomic E-state index is 12.1.